The van der Waals surface area contributed by atoms with Gasteiger partial charge in [0.2, 0.25) is 0 Å². The lowest BCUT2D eigenvalue weighted by Crippen LogP contribution is -2.15. The monoisotopic (exact) mass is 275 g/mol. The summed E-state index contributed by atoms with van der Waals surface area (Å²) >= 11 is 0. The normalized spacial score (nSPS) is 11.8. The number of imidazole rings is 1. The van der Waals surface area contributed by atoms with E-state index in [4.69, 9.17) is 5.26 Å². The van der Waals surface area contributed by atoms with Crippen molar-refractivity contribution in [3.63, 3.8) is 0 Å². The molecule has 0 N–H and O–H groups in total. The minimum absolute atomic E-state index is 0.493. The average molecular weight is 275 g/mol. The van der Waals surface area contributed by atoms with Gasteiger partial charge in [-0.1, -0.05) is 0 Å². The summed E-state index contributed by atoms with van der Waals surface area (Å²) in [6, 6.07) is 1.56. The van der Waals surface area contributed by atoms with E-state index in [-0.39, 0.29) is 0 Å². The molecule has 0 aromatic carbocycles. The standard InChI is InChI=1S/C8H9N3O4S2/c1-16(12,13)8(17(2,14)15)7(5-9)11-4-3-10-6-11/h3-4,6H,1-2H3. The molecule has 17 heavy (non-hydrogen) atoms. The van der Waals surface area contributed by atoms with E-state index >= 15 is 0 Å². The Balaban J connectivity index is 3.79. The van der Waals surface area contributed by atoms with Crippen molar-refractivity contribution < 1.29 is 16.8 Å². The molecule has 0 bridgehead atoms. The van der Waals surface area contributed by atoms with E-state index in [1.54, 1.807) is 6.07 Å². The molecule has 9 heteroatoms. The zero-order valence-corrected chi connectivity index (χ0v) is 10.7. The third kappa shape index (κ3) is 2.92. The summed E-state index contributed by atoms with van der Waals surface area (Å²) < 4.78 is 45.9. The van der Waals surface area contributed by atoms with Crippen LogP contribution in [0.4, 0.5) is 0 Å². The van der Waals surface area contributed by atoms with Crippen LogP contribution >= 0.6 is 0 Å². The summed E-state index contributed by atoms with van der Waals surface area (Å²) in [5, 5.41) is 8.91. The van der Waals surface area contributed by atoms with Crippen molar-refractivity contribution in [2.24, 2.45) is 0 Å². The Morgan fingerprint density at radius 1 is 1.24 bits per heavy atom. The van der Waals surface area contributed by atoms with Gasteiger partial charge in [0.05, 0.1) is 6.33 Å². The highest BCUT2D eigenvalue weighted by atomic mass is 32.3. The third-order valence-corrected chi connectivity index (χ3v) is 5.29. The van der Waals surface area contributed by atoms with Gasteiger partial charge in [-0.25, -0.2) is 21.8 Å². The van der Waals surface area contributed by atoms with Gasteiger partial charge in [0, 0.05) is 24.9 Å². The molecule has 0 saturated carbocycles. The molecule has 1 rings (SSSR count). The Hall–Kier alpha value is -1.66. The second kappa shape index (κ2) is 4.31. The molecule has 0 spiro atoms. The van der Waals surface area contributed by atoms with E-state index < -0.39 is 29.6 Å². The number of allylic oxidation sites excluding steroid dienone is 1. The molecule has 0 unspecified atom stereocenters. The van der Waals surface area contributed by atoms with E-state index in [0.717, 1.165) is 23.4 Å². The van der Waals surface area contributed by atoms with Crippen molar-refractivity contribution in [3.05, 3.63) is 23.0 Å². The molecule has 1 aromatic heterocycles. The fourth-order valence-corrected chi connectivity index (χ4v) is 4.43. The lowest BCUT2D eigenvalue weighted by molar-refractivity contribution is 0.601. The fourth-order valence-electron chi connectivity index (χ4n) is 1.23. The summed E-state index contributed by atoms with van der Waals surface area (Å²) in [6.07, 6.45) is 5.21. The third-order valence-electron chi connectivity index (χ3n) is 1.74. The molecule has 0 saturated heterocycles. The van der Waals surface area contributed by atoms with Crippen LogP contribution in [0.1, 0.15) is 0 Å². The highest BCUT2D eigenvalue weighted by molar-refractivity contribution is 8.14. The van der Waals surface area contributed by atoms with Crippen LogP contribution in [0.15, 0.2) is 23.0 Å². The largest absolute Gasteiger partial charge is 0.295 e. The van der Waals surface area contributed by atoms with Crippen molar-refractivity contribution in [1.82, 2.24) is 9.55 Å². The summed E-state index contributed by atoms with van der Waals surface area (Å²) in [6.45, 7) is 0. The van der Waals surface area contributed by atoms with E-state index in [0.29, 0.717) is 0 Å². The molecule has 0 atom stereocenters. The van der Waals surface area contributed by atoms with Crippen molar-refractivity contribution in [2.45, 2.75) is 0 Å². The number of rotatable bonds is 3. The van der Waals surface area contributed by atoms with E-state index in [1.165, 1.54) is 12.4 Å². The number of aromatic nitrogens is 2. The predicted octanol–water partition coefficient (Wildman–Crippen LogP) is -0.378. The molecule has 0 fully saturated rings. The molecule has 7 nitrogen and oxygen atoms in total. The fraction of sp³-hybridized carbons (Fsp3) is 0.250. The van der Waals surface area contributed by atoms with Crippen LogP contribution in [0.3, 0.4) is 0 Å². The topological polar surface area (TPSA) is 110 Å². The predicted molar refractivity (Wildman–Crippen MR) is 60.7 cm³/mol. The van der Waals surface area contributed by atoms with Gasteiger partial charge in [0.15, 0.2) is 29.6 Å². The zero-order chi connectivity index (χ0) is 13.3. The minimum atomic E-state index is -4.04. The highest BCUT2D eigenvalue weighted by Gasteiger charge is 2.28. The van der Waals surface area contributed by atoms with Crippen LogP contribution < -0.4 is 0 Å². The molecule has 0 aliphatic rings. The van der Waals surface area contributed by atoms with Crippen LogP contribution in [0.5, 0.6) is 0 Å². The van der Waals surface area contributed by atoms with Crippen LogP contribution in [0.2, 0.25) is 0 Å². The molecule has 0 aliphatic heterocycles. The molecular formula is C8H9N3O4S2. The first-order valence-corrected chi connectivity index (χ1v) is 7.99. The summed E-state index contributed by atoms with van der Waals surface area (Å²) in [7, 11) is -8.08. The summed E-state index contributed by atoms with van der Waals surface area (Å²) in [5.74, 6) is 0. The second-order valence-corrected chi connectivity index (χ2v) is 7.43. The van der Waals surface area contributed by atoms with Gasteiger partial charge in [-0.2, -0.15) is 5.26 Å². The first-order valence-electron chi connectivity index (χ1n) is 4.20. The number of sulfone groups is 2. The maximum absolute atomic E-state index is 11.5. The van der Waals surface area contributed by atoms with Gasteiger partial charge >= 0.3 is 0 Å². The lowest BCUT2D eigenvalue weighted by Gasteiger charge is -2.06. The van der Waals surface area contributed by atoms with Gasteiger partial charge in [0.1, 0.15) is 6.07 Å². The quantitative estimate of drug-likeness (QED) is 0.695. The maximum Gasteiger partial charge on any atom is 0.193 e. The maximum atomic E-state index is 11.5. The highest BCUT2D eigenvalue weighted by Crippen LogP contribution is 2.20. The number of nitriles is 1. The smallest absolute Gasteiger partial charge is 0.193 e. The minimum Gasteiger partial charge on any atom is -0.295 e. The Labute approximate surface area is 98.8 Å². The van der Waals surface area contributed by atoms with Crippen molar-refractivity contribution >= 4 is 25.4 Å². The van der Waals surface area contributed by atoms with Gasteiger partial charge < -0.3 is 0 Å². The van der Waals surface area contributed by atoms with Crippen LogP contribution in [0.25, 0.3) is 5.70 Å². The van der Waals surface area contributed by atoms with E-state index in [1.807, 2.05) is 0 Å². The zero-order valence-electron chi connectivity index (χ0n) is 9.02. The van der Waals surface area contributed by atoms with Crippen LogP contribution in [-0.2, 0) is 19.7 Å². The molecule has 0 radical (unpaired) electrons. The summed E-state index contributed by atoms with van der Waals surface area (Å²) in [5.41, 5.74) is -0.493. The van der Waals surface area contributed by atoms with E-state index in [9.17, 15) is 16.8 Å². The average Bonchev–Trinajstić information content (AvgIpc) is 2.61. The first kappa shape index (κ1) is 13.4. The molecule has 92 valence electrons. The van der Waals surface area contributed by atoms with Gasteiger partial charge in [-0.3, -0.25) is 4.57 Å². The van der Waals surface area contributed by atoms with Crippen molar-refractivity contribution in [2.75, 3.05) is 12.5 Å². The first-order chi connectivity index (χ1) is 7.68. The van der Waals surface area contributed by atoms with Gasteiger partial charge in [0.25, 0.3) is 0 Å². The number of hydrogen-bond acceptors (Lipinski definition) is 6. The molecule has 0 aliphatic carbocycles. The van der Waals surface area contributed by atoms with Gasteiger partial charge in [-0.15, -0.1) is 0 Å². The Bertz CT molecular complexity index is 656. The van der Waals surface area contributed by atoms with Crippen molar-refractivity contribution in [3.8, 4) is 6.07 Å². The lowest BCUT2D eigenvalue weighted by atomic mass is 10.5. The SMILES string of the molecule is CS(=O)(=O)C(=C(C#N)n1ccnc1)S(C)(=O)=O. The molecular weight excluding hydrogens is 266 g/mol. The molecule has 1 heterocycles. The number of hydrogen-bond donors (Lipinski definition) is 0. The van der Waals surface area contributed by atoms with Gasteiger partial charge in [-0.05, 0) is 0 Å². The van der Waals surface area contributed by atoms with Crippen LogP contribution in [0, 0.1) is 11.3 Å². The Kier molecular flexibility index (Phi) is 3.40. The van der Waals surface area contributed by atoms with Crippen molar-refractivity contribution in [1.29, 1.82) is 5.26 Å². The number of nitrogens with zero attached hydrogens (tertiary/aromatic N) is 3. The van der Waals surface area contributed by atoms with Crippen LogP contribution in [-0.4, -0.2) is 38.9 Å². The van der Waals surface area contributed by atoms with E-state index in [2.05, 4.69) is 4.98 Å². The Morgan fingerprint density at radius 2 is 1.76 bits per heavy atom. The molecule has 1 aromatic rings. The second-order valence-electron chi connectivity index (χ2n) is 3.26. The summed E-state index contributed by atoms with van der Waals surface area (Å²) in [4.78, 5) is 3.63. The molecule has 0 amide bonds. The Morgan fingerprint density at radius 3 is 2.06 bits per heavy atom.